The molecule has 132 valence electrons. The van der Waals surface area contributed by atoms with Gasteiger partial charge in [0.25, 0.3) is 5.91 Å². The van der Waals surface area contributed by atoms with Gasteiger partial charge in [0.15, 0.2) is 5.76 Å². The van der Waals surface area contributed by atoms with Gasteiger partial charge in [-0.15, -0.1) is 0 Å². The number of nitrogens with zero attached hydrogens (tertiary/aromatic N) is 4. The van der Waals surface area contributed by atoms with Gasteiger partial charge in [-0.2, -0.15) is 0 Å². The Labute approximate surface area is 151 Å². The van der Waals surface area contributed by atoms with Crippen molar-refractivity contribution in [3.05, 3.63) is 64.9 Å². The molecule has 1 amide bonds. The van der Waals surface area contributed by atoms with Crippen LogP contribution in [-0.2, 0) is 19.4 Å². The highest BCUT2D eigenvalue weighted by Crippen LogP contribution is 2.28. The van der Waals surface area contributed by atoms with Gasteiger partial charge in [-0.05, 0) is 18.9 Å². The average molecular weight is 348 g/mol. The Hall–Kier alpha value is -3.02. The van der Waals surface area contributed by atoms with E-state index in [2.05, 4.69) is 15.1 Å². The van der Waals surface area contributed by atoms with Gasteiger partial charge < -0.3 is 9.42 Å². The minimum atomic E-state index is -0.0649. The molecular weight excluding hydrogens is 328 g/mol. The number of rotatable bonds is 3. The van der Waals surface area contributed by atoms with Crippen molar-refractivity contribution in [2.24, 2.45) is 0 Å². The van der Waals surface area contributed by atoms with E-state index < -0.39 is 0 Å². The van der Waals surface area contributed by atoms with Crippen LogP contribution in [0.25, 0.3) is 11.3 Å². The quantitative estimate of drug-likeness (QED) is 0.727. The summed E-state index contributed by atoms with van der Waals surface area (Å²) in [6.07, 6.45) is 3.43. The van der Waals surface area contributed by atoms with Gasteiger partial charge >= 0.3 is 0 Å². The van der Waals surface area contributed by atoms with E-state index in [1.54, 1.807) is 6.92 Å². The van der Waals surface area contributed by atoms with Gasteiger partial charge in [-0.25, -0.2) is 9.97 Å². The molecule has 4 rings (SSSR count). The van der Waals surface area contributed by atoms with Gasteiger partial charge in [0.1, 0.15) is 11.4 Å². The van der Waals surface area contributed by atoms with Crippen molar-refractivity contribution in [3.63, 3.8) is 0 Å². The van der Waals surface area contributed by atoms with Crippen LogP contribution >= 0.6 is 0 Å². The number of amides is 1. The van der Waals surface area contributed by atoms with Crippen molar-refractivity contribution in [1.29, 1.82) is 0 Å². The topological polar surface area (TPSA) is 72.1 Å². The molecule has 3 heterocycles. The highest BCUT2D eigenvalue weighted by Gasteiger charge is 2.29. The van der Waals surface area contributed by atoms with E-state index in [0.29, 0.717) is 30.1 Å². The van der Waals surface area contributed by atoms with E-state index in [1.807, 2.05) is 48.4 Å². The standard InChI is InChI=1S/C20H20N4O2/c1-3-17-21-11-15-9-10-24(12-16(15)22-17)20(25)18-13(2)23-26-19(18)14-7-5-4-6-8-14/h4-8,11H,3,9-10,12H2,1-2H3. The van der Waals surface area contributed by atoms with E-state index in [0.717, 1.165) is 35.5 Å². The third kappa shape index (κ3) is 2.87. The third-order valence-corrected chi connectivity index (χ3v) is 4.71. The fraction of sp³-hybridized carbons (Fsp3) is 0.300. The molecule has 0 atom stereocenters. The van der Waals surface area contributed by atoms with Crippen molar-refractivity contribution in [2.45, 2.75) is 33.2 Å². The van der Waals surface area contributed by atoms with Gasteiger partial charge in [0.2, 0.25) is 0 Å². The van der Waals surface area contributed by atoms with Gasteiger partial charge in [-0.1, -0.05) is 42.4 Å². The number of fused-ring (bicyclic) bond motifs is 1. The van der Waals surface area contributed by atoms with Crippen molar-refractivity contribution >= 4 is 5.91 Å². The fourth-order valence-electron chi connectivity index (χ4n) is 3.25. The summed E-state index contributed by atoms with van der Waals surface area (Å²) in [4.78, 5) is 24.0. The first-order chi connectivity index (χ1) is 12.7. The number of aromatic nitrogens is 3. The van der Waals surface area contributed by atoms with Crippen molar-refractivity contribution < 1.29 is 9.32 Å². The van der Waals surface area contributed by atoms with Crippen LogP contribution in [0.1, 0.15) is 40.1 Å². The van der Waals surface area contributed by atoms with Crippen LogP contribution in [0.5, 0.6) is 0 Å². The second kappa shape index (κ2) is 6.71. The molecule has 0 bridgehead atoms. The Morgan fingerprint density at radius 1 is 1.27 bits per heavy atom. The molecule has 0 spiro atoms. The molecule has 6 heteroatoms. The summed E-state index contributed by atoms with van der Waals surface area (Å²) >= 11 is 0. The number of hydrogen-bond acceptors (Lipinski definition) is 5. The smallest absolute Gasteiger partial charge is 0.260 e. The van der Waals surface area contributed by atoms with E-state index >= 15 is 0 Å². The Kier molecular flexibility index (Phi) is 4.24. The SMILES string of the molecule is CCc1ncc2c(n1)CN(C(=O)c1c(C)noc1-c1ccccc1)CC2. The summed E-state index contributed by atoms with van der Waals surface area (Å²) < 4.78 is 5.48. The first-order valence-corrected chi connectivity index (χ1v) is 8.82. The second-order valence-corrected chi connectivity index (χ2v) is 6.43. The molecule has 0 saturated carbocycles. The normalized spacial score (nSPS) is 13.5. The van der Waals surface area contributed by atoms with E-state index in [-0.39, 0.29) is 5.91 Å². The monoisotopic (exact) mass is 348 g/mol. The van der Waals surface area contributed by atoms with Crippen molar-refractivity contribution in [1.82, 2.24) is 20.0 Å². The molecular formula is C20H20N4O2. The fourth-order valence-corrected chi connectivity index (χ4v) is 3.25. The summed E-state index contributed by atoms with van der Waals surface area (Å²) in [7, 11) is 0. The highest BCUT2D eigenvalue weighted by molar-refractivity contribution is 6.00. The molecule has 0 saturated heterocycles. The maximum Gasteiger partial charge on any atom is 0.260 e. The second-order valence-electron chi connectivity index (χ2n) is 6.43. The Balaban J connectivity index is 1.66. The van der Waals surface area contributed by atoms with Crippen LogP contribution in [0.4, 0.5) is 0 Å². The van der Waals surface area contributed by atoms with Crippen molar-refractivity contribution in [2.75, 3.05) is 6.54 Å². The van der Waals surface area contributed by atoms with Crippen LogP contribution in [0.15, 0.2) is 41.1 Å². The lowest BCUT2D eigenvalue weighted by molar-refractivity contribution is 0.0731. The number of carbonyl (C=O) groups is 1. The summed E-state index contributed by atoms with van der Waals surface area (Å²) in [6.45, 7) is 4.96. The van der Waals surface area contributed by atoms with Gasteiger partial charge in [0.05, 0.1) is 17.9 Å². The van der Waals surface area contributed by atoms with Crippen LogP contribution in [0, 0.1) is 6.92 Å². The zero-order valence-electron chi connectivity index (χ0n) is 14.9. The number of benzene rings is 1. The predicted molar refractivity (Wildman–Crippen MR) is 96.5 cm³/mol. The predicted octanol–water partition coefficient (Wildman–Crippen LogP) is 3.20. The minimum Gasteiger partial charge on any atom is -0.355 e. The maximum absolute atomic E-state index is 13.2. The molecule has 1 aromatic carbocycles. The largest absolute Gasteiger partial charge is 0.355 e. The Morgan fingerprint density at radius 3 is 2.85 bits per heavy atom. The molecule has 0 aliphatic carbocycles. The molecule has 0 radical (unpaired) electrons. The Bertz CT molecular complexity index is 950. The van der Waals surface area contributed by atoms with Crippen LogP contribution in [-0.4, -0.2) is 32.5 Å². The molecule has 2 aromatic heterocycles. The molecule has 1 aliphatic heterocycles. The average Bonchev–Trinajstić information content (AvgIpc) is 3.08. The van der Waals surface area contributed by atoms with E-state index in [9.17, 15) is 4.79 Å². The van der Waals surface area contributed by atoms with Gasteiger partial charge in [0, 0.05) is 24.7 Å². The lowest BCUT2D eigenvalue weighted by Gasteiger charge is -2.28. The highest BCUT2D eigenvalue weighted by atomic mass is 16.5. The molecule has 0 N–H and O–H groups in total. The maximum atomic E-state index is 13.2. The molecule has 0 fully saturated rings. The summed E-state index contributed by atoms with van der Waals surface area (Å²) in [5.74, 6) is 1.27. The molecule has 6 nitrogen and oxygen atoms in total. The first-order valence-electron chi connectivity index (χ1n) is 8.82. The lowest BCUT2D eigenvalue weighted by atomic mass is 10.0. The molecule has 3 aromatic rings. The lowest BCUT2D eigenvalue weighted by Crippen LogP contribution is -2.37. The third-order valence-electron chi connectivity index (χ3n) is 4.71. The van der Waals surface area contributed by atoms with Gasteiger partial charge in [-0.3, -0.25) is 4.79 Å². The molecule has 26 heavy (non-hydrogen) atoms. The van der Waals surface area contributed by atoms with Crippen LogP contribution in [0.2, 0.25) is 0 Å². The van der Waals surface area contributed by atoms with E-state index in [1.165, 1.54) is 0 Å². The Morgan fingerprint density at radius 2 is 2.08 bits per heavy atom. The van der Waals surface area contributed by atoms with Crippen LogP contribution < -0.4 is 0 Å². The minimum absolute atomic E-state index is 0.0649. The van der Waals surface area contributed by atoms with Crippen LogP contribution in [0.3, 0.4) is 0 Å². The summed E-state index contributed by atoms with van der Waals surface area (Å²) in [5.41, 5.74) is 4.05. The van der Waals surface area contributed by atoms with E-state index in [4.69, 9.17) is 4.52 Å². The first kappa shape index (κ1) is 16.4. The molecule has 0 unspecified atom stereocenters. The summed E-state index contributed by atoms with van der Waals surface area (Å²) in [5, 5.41) is 4.03. The number of aryl methyl sites for hydroxylation is 2. The van der Waals surface area contributed by atoms with Crippen molar-refractivity contribution in [3.8, 4) is 11.3 Å². The summed E-state index contributed by atoms with van der Waals surface area (Å²) in [6, 6.07) is 9.61. The zero-order valence-corrected chi connectivity index (χ0v) is 14.9. The zero-order chi connectivity index (χ0) is 18.1. The number of hydrogen-bond donors (Lipinski definition) is 0. The molecule has 1 aliphatic rings. The number of carbonyl (C=O) groups excluding carboxylic acids is 1.